The van der Waals surface area contributed by atoms with Crippen LogP contribution in [0, 0.1) is 0 Å². The summed E-state index contributed by atoms with van der Waals surface area (Å²) < 4.78 is 10.6. The molecule has 18 heavy (non-hydrogen) atoms. The molecule has 96 valence electrons. The molecule has 0 fully saturated rings. The molecule has 1 heterocycles. The Hall–Kier alpha value is -1.59. The van der Waals surface area contributed by atoms with E-state index in [0.717, 1.165) is 0 Å². The summed E-state index contributed by atoms with van der Waals surface area (Å²) in [5.74, 6) is 1.47. The Bertz CT molecular complexity index is 540. The fraction of sp³-hybridized carbons (Fsp3) is 0.333. The minimum Gasteiger partial charge on any atom is -0.493 e. The molecule has 0 saturated heterocycles. The maximum atomic E-state index is 5.97. The van der Waals surface area contributed by atoms with E-state index in [0.29, 0.717) is 34.7 Å². The summed E-state index contributed by atoms with van der Waals surface area (Å²) in [5.41, 5.74) is 6.37. The van der Waals surface area contributed by atoms with Crippen LogP contribution in [-0.4, -0.2) is 16.7 Å². The highest BCUT2D eigenvalue weighted by Gasteiger charge is 2.15. The molecule has 0 aliphatic heterocycles. The molecule has 1 atom stereocenters. The third kappa shape index (κ3) is 2.63. The number of nitrogens with zero attached hydrogens (tertiary/aromatic N) is 2. The number of halogens is 1. The number of hydrogen-bond donors (Lipinski definition) is 1. The molecule has 2 aromatic rings. The van der Waals surface area contributed by atoms with E-state index in [9.17, 15) is 0 Å². The predicted octanol–water partition coefficient (Wildman–Crippen LogP) is 2.81. The highest BCUT2D eigenvalue weighted by Crippen LogP contribution is 2.31. The van der Waals surface area contributed by atoms with Crippen molar-refractivity contribution in [1.29, 1.82) is 0 Å². The van der Waals surface area contributed by atoms with Gasteiger partial charge >= 0.3 is 0 Å². The van der Waals surface area contributed by atoms with E-state index < -0.39 is 0 Å². The summed E-state index contributed by atoms with van der Waals surface area (Å²) in [6, 6.07) is 4.97. The maximum Gasteiger partial charge on any atom is 0.243 e. The molecule has 0 bridgehead atoms. The zero-order valence-corrected chi connectivity index (χ0v) is 10.9. The van der Waals surface area contributed by atoms with Crippen LogP contribution < -0.4 is 10.5 Å². The van der Waals surface area contributed by atoms with Crippen LogP contribution in [-0.2, 0) is 0 Å². The van der Waals surface area contributed by atoms with Crippen molar-refractivity contribution in [2.24, 2.45) is 5.73 Å². The molecule has 0 aliphatic carbocycles. The van der Waals surface area contributed by atoms with Crippen LogP contribution in [0.4, 0.5) is 0 Å². The Morgan fingerprint density at radius 2 is 2.28 bits per heavy atom. The van der Waals surface area contributed by atoms with Gasteiger partial charge in [0.25, 0.3) is 0 Å². The molecule has 2 rings (SSSR count). The molecule has 5 nitrogen and oxygen atoms in total. The van der Waals surface area contributed by atoms with Crippen LogP contribution in [0.5, 0.6) is 5.75 Å². The number of benzene rings is 1. The lowest BCUT2D eigenvalue weighted by atomic mass is 10.2. The monoisotopic (exact) mass is 267 g/mol. The second-order valence-electron chi connectivity index (χ2n) is 3.82. The van der Waals surface area contributed by atoms with E-state index in [2.05, 4.69) is 10.1 Å². The zero-order chi connectivity index (χ0) is 13.1. The fourth-order valence-electron chi connectivity index (χ4n) is 1.49. The fourth-order valence-corrected chi connectivity index (χ4v) is 1.66. The van der Waals surface area contributed by atoms with Crippen molar-refractivity contribution in [3.63, 3.8) is 0 Å². The van der Waals surface area contributed by atoms with Gasteiger partial charge in [-0.1, -0.05) is 16.8 Å². The smallest absolute Gasteiger partial charge is 0.243 e. The molecule has 0 aliphatic rings. The van der Waals surface area contributed by atoms with E-state index >= 15 is 0 Å². The molecule has 0 saturated carbocycles. The Morgan fingerprint density at radius 3 is 2.89 bits per heavy atom. The van der Waals surface area contributed by atoms with Gasteiger partial charge in [0.1, 0.15) is 5.75 Å². The molecule has 6 heteroatoms. The van der Waals surface area contributed by atoms with E-state index in [1.54, 1.807) is 25.1 Å². The first-order valence-corrected chi connectivity index (χ1v) is 6.01. The van der Waals surface area contributed by atoms with Crippen molar-refractivity contribution < 1.29 is 9.26 Å². The SMILES string of the molecule is CCOc1ccc(Cl)cc1-c1noc([C@@H](C)N)n1. The number of rotatable bonds is 4. The van der Waals surface area contributed by atoms with E-state index in [-0.39, 0.29) is 6.04 Å². The molecule has 1 aromatic carbocycles. The lowest BCUT2D eigenvalue weighted by molar-refractivity contribution is 0.340. The largest absolute Gasteiger partial charge is 0.493 e. The minimum atomic E-state index is -0.305. The summed E-state index contributed by atoms with van der Waals surface area (Å²) >= 11 is 5.97. The van der Waals surface area contributed by atoms with Gasteiger partial charge in [-0.05, 0) is 32.0 Å². The molecule has 0 spiro atoms. The third-order valence-electron chi connectivity index (χ3n) is 2.31. The minimum absolute atomic E-state index is 0.305. The topological polar surface area (TPSA) is 74.2 Å². The van der Waals surface area contributed by atoms with Crippen LogP contribution in [0.25, 0.3) is 11.4 Å². The normalized spacial score (nSPS) is 12.4. The van der Waals surface area contributed by atoms with Gasteiger partial charge in [0.15, 0.2) is 0 Å². The highest BCUT2D eigenvalue weighted by atomic mass is 35.5. The van der Waals surface area contributed by atoms with Crippen molar-refractivity contribution >= 4 is 11.6 Å². The highest BCUT2D eigenvalue weighted by molar-refractivity contribution is 6.30. The quantitative estimate of drug-likeness (QED) is 0.922. The first-order chi connectivity index (χ1) is 8.61. The van der Waals surface area contributed by atoms with Crippen molar-refractivity contribution in [2.45, 2.75) is 19.9 Å². The lowest BCUT2D eigenvalue weighted by Crippen LogP contribution is -2.04. The van der Waals surface area contributed by atoms with Crippen molar-refractivity contribution in [1.82, 2.24) is 10.1 Å². The zero-order valence-electron chi connectivity index (χ0n) is 10.2. The predicted molar refractivity (Wildman–Crippen MR) is 68.5 cm³/mol. The lowest BCUT2D eigenvalue weighted by Gasteiger charge is -2.07. The van der Waals surface area contributed by atoms with Gasteiger partial charge in [-0.25, -0.2) is 0 Å². The summed E-state index contributed by atoms with van der Waals surface area (Å²) in [7, 11) is 0. The molecule has 1 aromatic heterocycles. The van der Waals surface area contributed by atoms with E-state index in [1.807, 2.05) is 6.92 Å². The Balaban J connectivity index is 2.44. The number of ether oxygens (including phenoxy) is 1. The average molecular weight is 268 g/mol. The van der Waals surface area contributed by atoms with E-state index in [4.69, 9.17) is 26.6 Å². The Morgan fingerprint density at radius 1 is 1.50 bits per heavy atom. The number of nitrogens with two attached hydrogens (primary N) is 1. The summed E-state index contributed by atoms with van der Waals surface area (Å²) in [5, 5.41) is 4.47. The summed E-state index contributed by atoms with van der Waals surface area (Å²) in [6.07, 6.45) is 0. The summed E-state index contributed by atoms with van der Waals surface area (Å²) in [4.78, 5) is 4.22. The second-order valence-corrected chi connectivity index (χ2v) is 4.25. The third-order valence-corrected chi connectivity index (χ3v) is 2.55. The molecule has 0 unspecified atom stereocenters. The van der Waals surface area contributed by atoms with Crippen LogP contribution in [0.3, 0.4) is 0 Å². The van der Waals surface area contributed by atoms with Gasteiger partial charge in [-0.2, -0.15) is 4.98 Å². The second kappa shape index (κ2) is 5.37. The van der Waals surface area contributed by atoms with Crippen molar-refractivity contribution in [2.75, 3.05) is 6.61 Å². The van der Waals surface area contributed by atoms with Crippen molar-refractivity contribution in [3.05, 3.63) is 29.1 Å². The first-order valence-electron chi connectivity index (χ1n) is 5.63. The first kappa shape index (κ1) is 12.9. The van der Waals surface area contributed by atoms with Crippen LogP contribution in [0.1, 0.15) is 25.8 Å². The van der Waals surface area contributed by atoms with Gasteiger partial charge < -0.3 is 15.0 Å². The van der Waals surface area contributed by atoms with Gasteiger partial charge in [0.2, 0.25) is 11.7 Å². The maximum absolute atomic E-state index is 5.97. The van der Waals surface area contributed by atoms with Gasteiger partial charge in [-0.3, -0.25) is 0 Å². The molecule has 2 N–H and O–H groups in total. The molecular formula is C12H14ClN3O2. The molecular weight excluding hydrogens is 254 g/mol. The van der Waals surface area contributed by atoms with E-state index in [1.165, 1.54) is 0 Å². The van der Waals surface area contributed by atoms with Gasteiger partial charge in [-0.15, -0.1) is 0 Å². The Labute approximate surface area is 110 Å². The van der Waals surface area contributed by atoms with Crippen LogP contribution >= 0.6 is 11.6 Å². The van der Waals surface area contributed by atoms with Crippen LogP contribution in [0.15, 0.2) is 22.7 Å². The molecule has 0 radical (unpaired) electrons. The van der Waals surface area contributed by atoms with Gasteiger partial charge in [0.05, 0.1) is 18.2 Å². The Kier molecular flexibility index (Phi) is 3.84. The summed E-state index contributed by atoms with van der Waals surface area (Å²) in [6.45, 7) is 4.23. The van der Waals surface area contributed by atoms with Crippen LogP contribution in [0.2, 0.25) is 5.02 Å². The number of hydrogen-bond acceptors (Lipinski definition) is 5. The standard InChI is InChI=1S/C12H14ClN3O2/c1-3-17-10-5-4-8(13)6-9(10)11-15-12(7(2)14)18-16-11/h4-7H,3,14H2,1-2H3/t7-/m1/s1. The number of aromatic nitrogens is 2. The molecule has 0 amide bonds. The van der Waals surface area contributed by atoms with Crippen molar-refractivity contribution in [3.8, 4) is 17.1 Å². The average Bonchev–Trinajstić information content (AvgIpc) is 2.81. The van der Waals surface area contributed by atoms with Gasteiger partial charge in [0, 0.05) is 5.02 Å².